The van der Waals surface area contributed by atoms with Crippen LogP contribution in [-0.4, -0.2) is 29.2 Å². The topological polar surface area (TPSA) is 66.5 Å². The Balaban J connectivity index is 1.39. The van der Waals surface area contributed by atoms with E-state index in [0.29, 0.717) is 0 Å². The number of fused-ring (bicyclic) bond motifs is 5. The zero-order valence-corrected chi connectivity index (χ0v) is 14.5. The van der Waals surface area contributed by atoms with E-state index in [-0.39, 0.29) is 54.4 Å². The van der Waals surface area contributed by atoms with Gasteiger partial charge in [0, 0.05) is 18.7 Å². The fourth-order valence-electron chi connectivity index (χ4n) is 4.50. The Bertz CT molecular complexity index is 768. The highest BCUT2D eigenvalue weighted by atomic mass is 16.2. The Morgan fingerprint density at radius 3 is 2.40 bits per heavy atom. The molecule has 0 aromatic heterocycles. The minimum absolute atomic E-state index is 0.0913. The molecule has 0 spiro atoms. The van der Waals surface area contributed by atoms with Gasteiger partial charge < -0.3 is 5.32 Å². The normalized spacial score (nSPS) is 29.4. The molecule has 3 aliphatic rings. The van der Waals surface area contributed by atoms with Crippen LogP contribution in [0, 0.1) is 37.5 Å². The maximum absolute atomic E-state index is 12.6. The van der Waals surface area contributed by atoms with Gasteiger partial charge in [-0.3, -0.25) is 19.3 Å². The van der Waals surface area contributed by atoms with Crippen LogP contribution >= 0.6 is 0 Å². The van der Waals surface area contributed by atoms with Crippen molar-refractivity contribution in [2.45, 2.75) is 26.7 Å². The molecule has 2 aliphatic carbocycles. The maximum Gasteiger partial charge on any atom is 0.233 e. The fourth-order valence-corrected chi connectivity index (χ4v) is 4.50. The molecule has 2 fully saturated rings. The second-order valence-corrected chi connectivity index (χ2v) is 7.37. The van der Waals surface area contributed by atoms with Crippen LogP contribution in [0.4, 0.5) is 5.69 Å². The summed E-state index contributed by atoms with van der Waals surface area (Å²) in [5, 5.41) is 2.88. The Labute approximate surface area is 147 Å². The van der Waals surface area contributed by atoms with E-state index in [1.54, 1.807) is 0 Å². The fraction of sp³-hybridized carbons (Fsp3) is 0.450. The van der Waals surface area contributed by atoms with Gasteiger partial charge in [0.05, 0.1) is 11.8 Å². The summed E-state index contributed by atoms with van der Waals surface area (Å²) in [4.78, 5) is 38.8. The number of carbonyl (C=O) groups is 3. The Morgan fingerprint density at radius 1 is 1.12 bits per heavy atom. The third kappa shape index (κ3) is 2.49. The SMILES string of the molecule is Cc1cccc(NC(=O)CCN2C(=O)[C@@H]3[C@H](C2=O)[C@H]2C=C[C@@H]3C2)c1C. The standard InChI is InChI=1S/C20H22N2O3/c1-11-4-3-5-15(12(11)2)21-16(23)8-9-22-19(24)17-13-6-7-14(10-13)18(17)20(22)25/h3-7,13-14,17-18H,8-10H2,1-2H3,(H,21,23)/t13-,14+,17+,18-. The molecule has 1 N–H and O–H groups in total. The third-order valence-corrected chi connectivity index (χ3v) is 6.00. The van der Waals surface area contributed by atoms with Crippen molar-refractivity contribution in [2.75, 3.05) is 11.9 Å². The number of amides is 3. The number of allylic oxidation sites excluding steroid dienone is 2. The number of hydrogen-bond acceptors (Lipinski definition) is 3. The van der Waals surface area contributed by atoms with Gasteiger partial charge in [0.25, 0.3) is 0 Å². The van der Waals surface area contributed by atoms with Crippen molar-refractivity contribution >= 4 is 23.4 Å². The van der Waals surface area contributed by atoms with Crippen LogP contribution in [0.3, 0.4) is 0 Å². The van der Waals surface area contributed by atoms with Gasteiger partial charge >= 0.3 is 0 Å². The Morgan fingerprint density at radius 2 is 1.76 bits per heavy atom. The molecule has 1 aromatic carbocycles. The van der Waals surface area contributed by atoms with Crippen LogP contribution < -0.4 is 5.32 Å². The van der Waals surface area contributed by atoms with Crippen LogP contribution in [0.1, 0.15) is 24.0 Å². The second-order valence-electron chi connectivity index (χ2n) is 7.37. The Kier molecular flexibility index (Phi) is 3.74. The van der Waals surface area contributed by atoms with E-state index < -0.39 is 0 Å². The second kappa shape index (κ2) is 5.83. The molecule has 3 amide bonds. The smallest absolute Gasteiger partial charge is 0.233 e. The number of nitrogens with one attached hydrogen (secondary N) is 1. The Hall–Kier alpha value is -2.43. The van der Waals surface area contributed by atoms with Crippen LogP contribution in [-0.2, 0) is 14.4 Å². The molecule has 1 aliphatic heterocycles. The molecular formula is C20H22N2O3. The first-order valence-corrected chi connectivity index (χ1v) is 8.87. The summed E-state index contributed by atoms with van der Waals surface area (Å²) in [6, 6.07) is 5.75. The molecular weight excluding hydrogens is 316 g/mol. The lowest BCUT2D eigenvalue weighted by Crippen LogP contribution is -2.35. The zero-order chi connectivity index (χ0) is 17.7. The van der Waals surface area contributed by atoms with Gasteiger partial charge in [-0.05, 0) is 49.3 Å². The molecule has 5 nitrogen and oxygen atoms in total. The summed E-state index contributed by atoms with van der Waals surface area (Å²) in [6.45, 7) is 4.12. The monoisotopic (exact) mass is 338 g/mol. The van der Waals surface area contributed by atoms with E-state index in [2.05, 4.69) is 17.5 Å². The number of anilines is 1. The minimum Gasteiger partial charge on any atom is -0.326 e. The van der Waals surface area contributed by atoms with Gasteiger partial charge in [0.1, 0.15) is 0 Å². The van der Waals surface area contributed by atoms with Gasteiger partial charge in [0.15, 0.2) is 0 Å². The maximum atomic E-state index is 12.6. The summed E-state index contributed by atoms with van der Waals surface area (Å²) in [7, 11) is 0. The van der Waals surface area contributed by atoms with Gasteiger partial charge in [-0.15, -0.1) is 0 Å². The third-order valence-electron chi connectivity index (χ3n) is 6.00. The highest BCUT2D eigenvalue weighted by Gasteiger charge is 2.58. The van der Waals surface area contributed by atoms with Crippen molar-refractivity contribution in [3.63, 3.8) is 0 Å². The molecule has 0 radical (unpaired) electrons. The molecule has 4 atom stereocenters. The van der Waals surface area contributed by atoms with Crippen LogP contribution in [0.15, 0.2) is 30.4 Å². The molecule has 1 heterocycles. The predicted octanol–water partition coefficient (Wildman–Crippen LogP) is 2.44. The number of aryl methyl sites for hydroxylation is 1. The first-order chi connectivity index (χ1) is 12.0. The summed E-state index contributed by atoms with van der Waals surface area (Å²) >= 11 is 0. The molecule has 1 saturated heterocycles. The number of carbonyl (C=O) groups excluding carboxylic acids is 3. The van der Waals surface area contributed by atoms with Crippen LogP contribution in [0.25, 0.3) is 0 Å². The number of benzene rings is 1. The largest absolute Gasteiger partial charge is 0.326 e. The molecule has 0 unspecified atom stereocenters. The summed E-state index contributed by atoms with van der Waals surface area (Å²) < 4.78 is 0. The molecule has 25 heavy (non-hydrogen) atoms. The molecule has 4 rings (SSSR count). The number of imide groups is 1. The quantitative estimate of drug-likeness (QED) is 0.677. The molecule has 2 bridgehead atoms. The minimum atomic E-state index is -0.190. The number of rotatable bonds is 4. The predicted molar refractivity (Wildman–Crippen MR) is 93.6 cm³/mol. The summed E-state index contributed by atoms with van der Waals surface area (Å²) in [5.41, 5.74) is 2.92. The zero-order valence-electron chi connectivity index (χ0n) is 14.5. The van der Waals surface area contributed by atoms with Crippen molar-refractivity contribution in [1.82, 2.24) is 4.90 Å². The lowest BCUT2D eigenvalue weighted by atomic mass is 9.85. The van der Waals surface area contributed by atoms with E-state index in [4.69, 9.17) is 0 Å². The highest BCUT2D eigenvalue weighted by Crippen LogP contribution is 2.52. The van der Waals surface area contributed by atoms with Crippen molar-refractivity contribution in [2.24, 2.45) is 23.7 Å². The molecule has 1 saturated carbocycles. The molecule has 5 heteroatoms. The highest BCUT2D eigenvalue weighted by molar-refractivity contribution is 6.06. The number of nitrogens with zero attached hydrogens (tertiary/aromatic N) is 1. The van der Waals surface area contributed by atoms with E-state index >= 15 is 0 Å². The van der Waals surface area contributed by atoms with Crippen molar-refractivity contribution in [3.05, 3.63) is 41.5 Å². The van der Waals surface area contributed by atoms with Crippen molar-refractivity contribution in [3.8, 4) is 0 Å². The van der Waals surface area contributed by atoms with Gasteiger partial charge in [-0.1, -0.05) is 24.3 Å². The van der Waals surface area contributed by atoms with E-state index in [1.807, 2.05) is 32.0 Å². The van der Waals surface area contributed by atoms with E-state index in [0.717, 1.165) is 23.2 Å². The lowest BCUT2D eigenvalue weighted by molar-refractivity contribution is -0.140. The number of likely N-dealkylation sites (tertiary alicyclic amines) is 1. The molecule has 130 valence electrons. The average Bonchev–Trinajstić information content (AvgIpc) is 3.25. The van der Waals surface area contributed by atoms with Crippen molar-refractivity contribution < 1.29 is 14.4 Å². The summed E-state index contributed by atoms with van der Waals surface area (Å²) in [5.74, 6) is -0.320. The average molecular weight is 338 g/mol. The van der Waals surface area contributed by atoms with E-state index in [1.165, 1.54) is 4.90 Å². The van der Waals surface area contributed by atoms with Crippen molar-refractivity contribution in [1.29, 1.82) is 0 Å². The first-order valence-electron chi connectivity index (χ1n) is 8.87. The first kappa shape index (κ1) is 16.1. The van der Waals surface area contributed by atoms with E-state index in [9.17, 15) is 14.4 Å². The van der Waals surface area contributed by atoms with Gasteiger partial charge in [0.2, 0.25) is 17.7 Å². The molecule has 1 aromatic rings. The van der Waals surface area contributed by atoms with Gasteiger partial charge in [-0.25, -0.2) is 0 Å². The van der Waals surface area contributed by atoms with Crippen LogP contribution in [0.5, 0.6) is 0 Å². The van der Waals surface area contributed by atoms with Gasteiger partial charge in [-0.2, -0.15) is 0 Å². The number of hydrogen-bond donors (Lipinski definition) is 1. The van der Waals surface area contributed by atoms with Crippen LogP contribution in [0.2, 0.25) is 0 Å². The lowest BCUT2D eigenvalue weighted by Gasteiger charge is -2.17. The summed E-state index contributed by atoms with van der Waals surface area (Å²) in [6.07, 6.45) is 5.21.